The van der Waals surface area contributed by atoms with Gasteiger partial charge in [0, 0.05) is 18.9 Å². The van der Waals surface area contributed by atoms with Crippen LogP contribution >= 0.6 is 0 Å². The van der Waals surface area contributed by atoms with Crippen molar-refractivity contribution >= 4 is 0 Å². The molecule has 0 bridgehead atoms. The molecule has 0 amide bonds. The van der Waals surface area contributed by atoms with E-state index >= 15 is 0 Å². The van der Waals surface area contributed by atoms with Crippen molar-refractivity contribution in [2.24, 2.45) is 0 Å². The second kappa shape index (κ2) is 8.18. The zero-order valence-corrected chi connectivity index (χ0v) is 13.3. The topological polar surface area (TPSA) is 27.1 Å². The molecule has 0 saturated heterocycles. The Hall–Kier alpha value is -2.55. The van der Waals surface area contributed by atoms with Crippen LogP contribution in [-0.4, -0.2) is 9.55 Å². The highest BCUT2D eigenvalue weighted by Gasteiger charge is 1.99. The first-order valence-electron chi connectivity index (χ1n) is 8.11. The van der Waals surface area contributed by atoms with Gasteiger partial charge in [0.15, 0.2) is 0 Å². The molecule has 0 aliphatic rings. The maximum Gasteiger partial charge on any atom is 0.120 e. The third-order valence-electron chi connectivity index (χ3n) is 3.84. The monoisotopic (exact) mass is 306 g/mol. The zero-order chi connectivity index (χ0) is 15.7. The molecule has 3 heteroatoms. The molecule has 0 aliphatic heterocycles. The molecule has 23 heavy (non-hydrogen) atoms. The minimum Gasteiger partial charge on any atom is -0.489 e. The maximum absolute atomic E-state index is 5.89. The molecule has 2 aromatic carbocycles. The van der Waals surface area contributed by atoms with Gasteiger partial charge in [-0.15, -0.1) is 0 Å². The number of rotatable bonds is 8. The van der Waals surface area contributed by atoms with Crippen molar-refractivity contribution in [2.45, 2.75) is 32.4 Å². The molecule has 0 fully saturated rings. The second-order valence-electron chi connectivity index (χ2n) is 5.68. The Morgan fingerprint density at radius 3 is 2.61 bits per heavy atom. The van der Waals surface area contributed by atoms with Gasteiger partial charge < -0.3 is 9.30 Å². The van der Waals surface area contributed by atoms with Gasteiger partial charge in [0.2, 0.25) is 0 Å². The fraction of sp³-hybridized carbons (Fsp3) is 0.250. The lowest BCUT2D eigenvalue weighted by Crippen LogP contribution is -1.97. The van der Waals surface area contributed by atoms with E-state index in [9.17, 15) is 0 Å². The van der Waals surface area contributed by atoms with E-state index in [4.69, 9.17) is 4.74 Å². The van der Waals surface area contributed by atoms with Gasteiger partial charge in [0.05, 0.1) is 6.33 Å². The molecule has 1 heterocycles. The van der Waals surface area contributed by atoms with Crippen LogP contribution in [0.3, 0.4) is 0 Å². The fourth-order valence-corrected chi connectivity index (χ4v) is 2.57. The van der Waals surface area contributed by atoms with E-state index < -0.39 is 0 Å². The van der Waals surface area contributed by atoms with E-state index in [0.29, 0.717) is 6.61 Å². The second-order valence-corrected chi connectivity index (χ2v) is 5.68. The molecule has 3 aromatic rings. The minimum absolute atomic E-state index is 0.616. The maximum atomic E-state index is 5.89. The van der Waals surface area contributed by atoms with Crippen LogP contribution < -0.4 is 4.74 Å². The Labute approximate surface area is 137 Å². The number of benzene rings is 2. The van der Waals surface area contributed by atoms with E-state index in [1.165, 1.54) is 17.5 Å². The van der Waals surface area contributed by atoms with Gasteiger partial charge in [-0.3, -0.25) is 0 Å². The quantitative estimate of drug-likeness (QED) is 0.574. The number of ether oxygens (including phenoxy) is 1. The Kier molecular flexibility index (Phi) is 5.46. The predicted octanol–water partition coefficient (Wildman–Crippen LogP) is 4.49. The van der Waals surface area contributed by atoms with Crippen LogP contribution in [0.25, 0.3) is 0 Å². The van der Waals surface area contributed by atoms with Crippen molar-refractivity contribution in [3.63, 3.8) is 0 Å². The molecule has 1 aromatic heterocycles. The summed E-state index contributed by atoms with van der Waals surface area (Å²) in [4.78, 5) is 4.06. The predicted molar refractivity (Wildman–Crippen MR) is 92.4 cm³/mol. The number of unbranched alkanes of at least 4 members (excludes halogenated alkanes) is 1. The summed E-state index contributed by atoms with van der Waals surface area (Å²) in [5.41, 5.74) is 2.53. The summed E-state index contributed by atoms with van der Waals surface area (Å²) in [7, 11) is 0. The summed E-state index contributed by atoms with van der Waals surface area (Å²) < 4.78 is 8.01. The van der Waals surface area contributed by atoms with E-state index in [2.05, 4.69) is 39.9 Å². The summed E-state index contributed by atoms with van der Waals surface area (Å²) in [6, 6.07) is 18.7. The lowest BCUT2D eigenvalue weighted by molar-refractivity contribution is 0.306. The number of nitrogens with zero attached hydrogens (tertiary/aromatic N) is 2. The summed E-state index contributed by atoms with van der Waals surface area (Å²) in [6.45, 7) is 1.65. The Balaban J connectivity index is 1.45. The van der Waals surface area contributed by atoms with Crippen molar-refractivity contribution in [2.75, 3.05) is 0 Å². The SMILES string of the molecule is c1ccc(COc2cccc(CCCCn3ccnc3)c2)cc1. The van der Waals surface area contributed by atoms with Crippen LogP contribution in [0.5, 0.6) is 5.75 Å². The number of hydrogen-bond acceptors (Lipinski definition) is 2. The number of hydrogen-bond donors (Lipinski definition) is 0. The minimum atomic E-state index is 0.616. The first kappa shape index (κ1) is 15.3. The molecule has 0 N–H and O–H groups in total. The fourth-order valence-electron chi connectivity index (χ4n) is 2.57. The van der Waals surface area contributed by atoms with Crippen molar-refractivity contribution < 1.29 is 4.74 Å². The highest BCUT2D eigenvalue weighted by Crippen LogP contribution is 2.17. The normalized spacial score (nSPS) is 10.6. The number of imidazole rings is 1. The smallest absolute Gasteiger partial charge is 0.120 e. The average Bonchev–Trinajstić information content (AvgIpc) is 3.12. The zero-order valence-electron chi connectivity index (χ0n) is 13.3. The van der Waals surface area contributed by atoms with Crippen LogP contribution in [-0.2, 0) is 19.6 Å². The van der Waals surface area contributed by atoms with Gasteiger partial charge >= 0.3 is 0 Å². The molecule has 0 radical (unpaired) electrons. The van der Waals surface area contributed by atoms with Gasteiger partial charge in [0.1, 0.15) is 12.4 Å². The molecule has 0 spiro atoms. The molecule has 0 atom stereocenters. The number of aryl methyl sites for hydroxylation is 2. The molecular formula is C20H22N2O. The lowest BCUT2D eigenvalue weighted by Gasteiger charge is -2.08. The van der Waals surface area contributed by atoms with Crippen LogP contribution in [0.15, 0.2) is 73.3 Å². The molecule has 3 nitrogen and oxygen atoms in total. The Morgan fingerprint density at radius 2 is 1.78 bits per heavy atom. The molecule has 0 aliphatic carbocycles. The van der Waals surface area contributed by atoms with Crippen molar-refractivity contribution in [3.8, 4) is 5.75 Å². The van der Waals surface area contributed by atoms with Gasteiger partial charge in [-0.25, -0.2) is 4.98 Å². The lowest BCUT2D eigenvalue weighted by atomic mass is 10.1. The van der Waals surface area contributed by atoms with E-state index in [-0.39, 0.29) is 0 Å². The van der Waals surface area contributed by atoms with E-state index in [1.54, 1.807) is 0 Å². The van der Waals surface area contributed by atoms with Gasteiger partial charge in [-0.1, -0.05) is 42.5 Å². The summed E-state index contributed by atoms with van der Waals surface area (Å²) in [5.74, 6) is 0.945. The summed E-state index contributed by atoms with van der Waals surface area (Å²) in [6.07, 6.45) is 9.12. The highest BCUT2D eigenvalue weighted by atomic mass is 16.5. The van der Waals surface area contributed by atoms with Crippen molar-refractivity contribution in [3.05, 3.63) is 84.4 Å². The van der Waals surface area contributed by atoms with Gasteiger partial charge in [-0.05, 0) is 42.5 Å². The average molecular weight is 306 g/mol. The number of aromatic nitrogens is 2. The Bertz CT molecular complexity index is 693. The van der Waals surface area contributed by atoms with Crippen LogP contribution in [0.4, 0.5) is 0 Å². The third-order valence-corrected chi connectivity index (χ3v) is 3.84. The summed E-state index contributed by atoms with van der Waals surface area (Å²) in [5, 5.41) is 0. The van der Waals surface area contributed by atoms with Crippen molar-refractivity contribution in [1.82, 2.24) is 9.55 Å². The van der Waals surface area contributed by atoms with Gasteiger partial charge in [-0.2, -0.15) is 0 Å². The van der Waals surface area contributed by atoms with Gasteiger partial charge in [0.25, 0.3) is 0 Å². The van der Waals surface area contributed by atoms with Crippen molar-refractivity contribution in [1.29, 1.82) is 0 Å². The van der Waals surface area contributed by atoms with E-state index in [1.807, 2.05) is 43.0 Å². The molecule has 0 saturated carbocycles. The standard InChI is InChI=1S/C20H22N2O/c1-2-8-19(9-3-1)16-23-20-11-6-10-18(15-20)7-4-5-13-22-14-12-21-17-22/h1-3,6,8-12,14-15,17H,4-5,7,13,16H2. The highest BCUT2D eigenvalue weighted by molar-refractivity contribution is 5.29. The van der Waals surface area contributed by atoms with Crippen LogP contribution in [0.2, 0.25) is 0 Å². The van der Waals surface area contributed by atoms with E-state index in [0.717, 1.165) is 25.1 Å². The molecule has 0 unspecified atom stereocenters. The third kappa shape index (κ3) is 4.99. The Morgan fingerprint density at radius 1 is 0.913 bits per heavy atom. The molecule has 118 valence electrons. The largest absolute Gasteiger partial charge is 0.489 e. The van der Waals surface area contributed by atoms with Crippen LogP contribution in [0.1, 0.15) is 24.0 Å². The summed E-state index contributed by atoms with van der Waals surface area (Å²) >= 11 is 0. The van der Waals surface area contributed by atoms with Crippen LogP contribution in [0, 0.1) is 0 Å². The molecule has 3 rings (SSSR count). The molecular weight excluding hydrogens is 284 g/mol. The first-order valence-corrected chi connectivity index (χ1v) is 8.11. The first-order chi connectivity index (χ1) is 11.4.